The van der Waals surface area contributed by atoms with Gasteiger partial charge in [-0.05, 0) is 31.4 Å². The van der Waals surface area contributed by atoms with Crippen LogP contribution >= 0.6 is 0 Å². The number of ether oxygens (including phenoxy) is 1. The highest BCUT2D eigenvalue weighted by Crippen LogP contribution is 2.18. The van der Waals surface area contributed by atoms with Crippen LogP contribution in [0.3, 0.4) is 0 Å². The molecule has 0 heterocycles. The maximum atomic E-state index is 11.7. The molecule has 0 aliphatic carbocycles. The molecule has 1 aromatic rings. The van der Waals surface area contributed by atoms with Crippen molar-refractivity contribution in [1.29, 1.82) is 0 Å². The molecule has 0 fully saturated rings. The Morgan fingerprint density at radius 1 is 1.17 bits per heavy atom. The molecule has 1 aromatic carbocycles. The van der Waals surface area contributed by atoms with E-state index in [1.54, 1.807) is 0 Å². The molecule has 0 unspecified atom stereocenters. The van der Waals surface area contributed by atoms with Crippen LogP contribution in [0.15, 0.2) is 24.3 Å². The predicted octanol–water partition coefficient (Wildman–Crippen LogP) is 2.13. The fraction of sp³-hybridized carbons (Fsp3) is 0.562. The lowest BCUT2D eigenvalue weighted by Crippen LogP contribution is -2.42. The van der Waals surface area contributed by atoms with Crippen LogP contribution in [0.1, 0.15) is 25.7 Å². The topological polar surface area (TPSA) is 89.7 Å². The number of likely N-dealkylation sites (N-methyl/N-ethyl adjacent to an activating group) is 1. The van der Waals surface area contributed by atoms with Crippen LogP contribution in [0.25, 0.3) is 0 Å². The van der Waals surface area contributed by atoms with Gasteiger partial charge in [0.25, 0.3) is 5.69 Å². The first-order valence-electron chi connectivity index (χ1n) is 7.72. The summed E-state index contributed by atoms with van der Waals surface area (Å²) >= 11 is 0. The Bertz CT molecular complexity index is 514. The fourth-order valence-corrected chi connectivity index (χ4v) is 2.19. The highest BCUT2D eigenvalue weighted by molar-refractivity contribution is 5.72. The summed E-state index contributed by atoms with van der Waals surface area (Å²) in [5.41, 5.74) is -0.0339. The number of rotatable bonds is 10. The van der Waals surface area contributed by atoms with Gasteiger partial charge in [-0.25, -0.2) is 0 Å². The van der Waals surface area contributed by atoms with E-state index >= 15 is 0 Å². The summed E-state index contributed by atoms with van der Waals surface area (Å²) in [5, 5.41) is 19.5. The summed E-state index contributed by atoms with van der Waals surface area (Å²) < 4.78 is 5.90. The second-order valence-electron chi connectivity index (χ2n) is 6.14. The number of hydrogen-bond acceptors (Lipinski definition) is 5. The van der Waals surface area contributed by atoms with E-state index in [1.807, 2.05) is 0 Å². The number of aliphatic hydroxyl groups is 1. The van der Waals surface area contributed by atoms with Crippen molar-refractivity contribution in [2.24, 2.45) is 0 Å². The molecule has 23 heavy (non-hydrogen) atoms. The van der Waals surface area contributed by atoms with Gasteiger partial charge in [-0.1, -0.05) is 0 Å². The predicted molar refractivity (Wildman–Crippen MR) is 86.1 cm³/mol. The Hall–Kier alpha value is -1.99. The van der Waals surface area contributed by atoms with Gasteiger partial charge in [0.2, 0.25) is 0 Å². The highest BCUT2D eigenvalue weighted by Gasteiger charge is 2.13. The van der Waals surface area contributed by atoms with Gasteiger partial charge < -0.3 is 14.3 Å². The van der Waals surface area contributed by atoms with E-state index in [0.717, 1.165) is 36.8 Å². The number of hydrogen-bond donors (Lipinski definition) is 1. The van der Waals surface area contributed by atoms with Crippen molar-refractivity contribution in [2.75, 3.05) is 33.8 Å². The van der Waals surface area contributed by atoms with Gasteiger partial charge >= 0.3 is 5.97 Å². The number of quaternary nitrogens is 1. The molecule has 0 aliphatic rings. The van der Waals surface area contributed by atoms with Gasteiger partial charge in [0.05, 0.1) is 32.2 Å². The van der Waals surface area contributed by atoms with Crippen molar-refractivity contribution >= 4 is 11.7 Å². The normalized spacial score (nSPS) is 11.3. The van der Waals surface area contributed by atoms with E-state index in [9.17, 15) is 14.9 Å². The minimum atomic E-state index is -0.498. The second-order valence-corrected chi connectivity index (χ2v) is 6.14. The Labute approximate surface area is 136 Å². The van der Waals surface area contributed by atoms with Crippen LogP contribution in [0.2, 0.25) is 0 Å². The Kier molecular flexibility index (Phi) is 7.64. The standard InChI is InChI=1S/C16H25N2O5/c1-18(2,12-13-19)11-5-3-4-6-16(20)23-15-9-7-14(8-10-15)17(21)22/h7-10,19H,3-6,11-13H2,1-2H3/q+1. The van der Waals surface area contributed by atoms with Gasteiger partial charge in [0, 0.05) is 18.6 Å². The van der Waals surface area contributed by atoms with Gasteiger partial charge in [-0.3, -0.25) is 14.9 Å². The maximum Gasteiger partial charge on any atom is 0.311 e. The van der Waals surface area contributed by atoms with Crippen molar-refractivity contribution in [3.05, 3.63) is 34.4 Å². The van der Waals surface area contributed by atoms with Crippen LogP contribution in [0, 0.1) is 10.1 Å². The van der Waals surface area contributed by atoms with Crippen molar-refractivity contribution in [3.8, 4) is 5.75 Å². The van der Waals surface area contributed by atoms with E-state index in [-0.39, 0.29) is 18.3 Å². The summed E-state index contributed by atoms with van der Waals surface area (Å²) in [6, 6.07) is 5.46. The average molecular weight is 325 g/mol. The van der Waals surface area contributed by atoms with Gasteiger partial charge in [0.1, 0.15) is 12.3 Å². The molecule has 0 spiro atoms. The first-order valence-corrected chi connectivity index (χ1v) is 7.72. The SMILES string of the molecule is C[N+](C)(CCO)CCCCCC(=O)Oc1ccc([N+](=O)[O-])cc1. The van der Waals surface area contributed by atoms with Gasteiger partial charge in [-0.15, -0.1) is 0 Å². The monoisotopic (exact) mass is 325 g/mol. The molecule has 0 bridgehead atoms. The van der Waals surface area contributed by atoms with Crippen LogP contribution in [-0.2, 0) is 4.79 Å². The lowest BCUT2D eigenvalue weighted by Gasteiger charge is -2.28. The molecule has 0 aliphatic heterocycles. The third-order valence-corrected chi connectivity index (χ3v) is 3.63. The number of carbonyl (C=O) groups is 1. The van der Waals surface area contributed by atoms with Crippen molar-refractivity contribution in [3.63, 3.8) is 0 Å². The number of aliphatic hydroxyl groups excluding tert-OH is 1. The summed E-state index contributed by atoms with van der Waals surface area (Å²) in [4.78, 5) is 21.7. The molecule has 0 saturated heterocycles. The number of non-ortho nitro benzene ring substituents is 1. The van der Waals surface area contributed by atoms with E-state index in [2.05, 4.69) is 14.1 Å². The molecule has 1 rings (SSSR count). The smallest absolute Gasteiger partial charge is 0.311 e. The molecule has 7 nitrogen and oxygen atoms in total. The number of esters is 1. The third-order valence-electron chi connectivity index (χ3n) is 3.63. The van der Waals surface area contributed by atoms with E-state index in [1.165, 1.54) is 24.3 Å². The number of nitro benzene ring substituents is 1. The van der Waals surface area contributed by atoms with Gasteiger partial charge in [-0.2, -0.15) is 0 Å². The zero-order chi connectivity index (χ0) is 17.3. The van der Waals surface area contributed by atoms with Crippen LogP contribution < -0.4 is 4.74 Å². The number of benzene rings is 1. The summed E-state index contributed by atoms with van der Waals surface area (Å²) in [6.07, 6.45) is 2.97. The summed E-state index contributed by atoms with van der Waals surface area (Å²) in [5.74, 6) is -0.00990. The minimum Gasteiger partial charge on any atom is -0.427 e. The first-order chi connectivity index (χ1) is 10.8. The molecule has 0 radical (unpaired) electrons. The molecular formula is C16H25N2O5+. The molecule has 1 N–H and O–H groups in total. The second kappa shape index (κ2) is 9.22. The number of unbranched alkanes of at least 4 members (excludes halogenated alkanes) is 2. The maximum absolute atomic E-state index is 11.7. The van der Waals surface area contributed by atoms with Crippen LogP contribution in [0.5, 0.6) is 5.75 Å². The van der Waals surface area contributed by atoms with Crippen molar-refractivity contribution in [1.82, 2.24) is 0 Å². The first kappa shape index (κ1) is 19.1. The number of nitro groups is 1. The average Bonchev–Trinajstić information content (AvgIpc) is 2.47. The number of nitrogens with zero attached hydrogens (tertiary/aromatic N) is 2. The molecule has 7 heteroatoms. The zero-order valence-corrected chi connectivity index (χ0v) is 13.7. The quantitative estimate of drug-likeness (QED) is 0.178. The van der Waals surface area contributed by atoms with Crippen molar-refractivity contribution < 1.29 is 24.0 Å². The third kappa shape index (κ3) is 7.71. The lowest BCUT2D eigenvalue weighted by atomic mass is 10.2. The van der Waals surface area contributed by atoms with Crippen LogP contribution in [-0.4, -0.2) is 54.3 Å². The van der Waals surface area contributed by atoms with E-state index < -0.39 is 4.92 Å². The Morgan fingerprint density at radius 3 is 2.39 bits per heavy atom. The fourth-order valence-electron chi connectivity index (χ4n) is 2.19. The summed E-state index contributed by atoms with van der Waals surface area (Å²) in [6.45, 7) is 1.86. The number of carbonyl (C=O) groups excluding carboxylic acids is 1. The van der Waals surface area contributed by atoms with E-state index in [0.29, 0.717) is 12.2 Å². The Morgan fingerprint density at radius 2 is 1.83 bits per heavy atom. The largest absolute Gasteiger partial charge is 0.427 e. The van der Waals surface area contributed by atoms with E-state index in [4.69, 9.17) is 9.84 Å². The molecule has 0 atom stereocenters. The molecular weight excluding hydrogens is 300 g/mol. The highest BCUT2D eigenvalue weighted by atomic mass is 16.6. The molecule has 0 amide bonds. The van der Waals surface area contributed by atoms with Crippen molar-refractivity contribution in [2.45, 2.75) is 25.7 Å². The molecule has 0 aromatic heterocycles. The Balaban J connectivity index is 2.23. The minimum absolute atomic E-state index is 0.0339. The lowest BCUT2D eigenvalue weighted by molar-refractivity contribution is -0.890. The van der Waals surface area contributed by atoms with Crippen LogP contribution in [0.4, 0.5) is 5.69 Å². The van der Waals surface area contributed by atoms with Gasteiger partial charge in [0.15, 0.2) is 0 Å². The molecule has 0 saturated carbocycles. The molecule has 128 valence electrons. The zero-order valence-electron chi connectivity index (χ0n) is 13.7. The summed E-state index contributed by atoms with van der Waals surface area (Å²) in [7, 11) is 4.14.